The minimum atomic E-state index is -0.336. The Hall–Kier alpha value is -1.61. The minimum absolute atomic E-state index is 0.200. The van der Waals surface area contributed by atoms with Gasteiger partial charge in [0, 0.05) is 5.41 Å². The topological polar surface area (TPSA) is 26.3 Å². The van der Waals surface area contributed by atoms with E-state index in [2.05, 4.69) is 24.4 Å². The fourth-order valence-electron chi connectivity index (χ4n) is 2.44. The number of unbranched alkanes of at least 4 members (excludes halogenated alkanes) is 3. The van der Waals surface area contributed by atoms with Crippen LogP contribution in [0.1, 0.15) is 63.0 Å². The van der Waals surface area contributed by atoms with Crippen LogP contribution in [0.3, 0.4) is 0 Å². The highest BCUT2D eigenvalue weighted by atomic mass is 32.1. The van der Waals surface area contributed by atoms with Crippen LogP contribution < -0.4 is 4.74 Å². The molecule has 0 aliphatic rings. The number of ketones is 1. The van der Waals surface area contributed by atoms with Crippen molar-refractivity contribution in [2.24, 2.45) is 5.41 Å². The molecule has 0 saturated heterocycles. The van der Waals surface area contributed by atoms with Crippen molar-refractivity contribution < 1.29 is 9.53 Å². The molecule has 1 aromatic heterocycles. The highest BCUT2D eigenvalue weighted by Gasteiger charge is 2.24. The van der Waals surface area contributed by atoms with Crippen LogP contribution >= 0.6 is 11.3 Å². The van der Waals surface area contributed by atoms with E-state index in [-0.39, 0.29) is 11.2 Å². The quantitative estimate of drug-likeness (QED) is 0.398. The summed E-state index contributed by atoms with van der Waals surface area (Å²) in [7, 11) is 0. The van der Waals surface area contributed by atoms with Gasteiger partial charge >= 0.3 is 0 Å². The van der Waals surface area contributed by atoms with E-state index < -0.39 is 0 Å². The Bertz CT molecular complexity index is 647. The molecule has 2 nitrogen and oxygen atoms in total. The van der Waals surface area contributed by atoms with Crippen molar-refractivity contribution in [3.63, 3.8) is 0 Å². The second kappa shape index (κ2) is 8.48. The lowest BCUT2D eigenvalue weighted by Gasteiger charge is -2.14. The number of thiophene rings is 1. The summed E-state index contributed by atoms with van der Waals surface area (Å²) < 4.78 is 5.78. The third-order valence-corrected chi connectivity index (χ3v) is 4.89. The third kappa shape index (κ3) is 5.20. The maximum Gasteiger partial charge on any atom is 0.178 e. The van der Waals surface area contributed by atoms with Crippen molar-refractivity contribution in [1.82, 2.24) is 0 Å². The predicted molar refractivity (Wildman–Crippen MR) is 103 cm³/mol. The third-order valence-electron chi connectivity index (χ3n) is 3.96. The molecule has 0 unspecified atom stereocenters. The Labute approximate surface area is 149 Å². The van der Waals surface area contributed by atoms with Crippen LogP contribution in [0.15, 0.2) is 35.7 Å². The van der Waals surface area contributed by atoms with Crippen molar-refractivity contribution in [2.75, 3.05) is 6.61 Å². The van der Waals surface area contributed by atoms with Crippen molar-refractivity contribution in [3.8, 4) is 16.9 Å². The number of hydrogen-bond donors (Lipinski definition) is 0. The molecule has 0 bridgehead atoms. The summed E-state index contributed by atoms with van der Waals surface area (Å²) in [6, 6.07) is 10.2. The van der Waals surface area contributed by atoms with Gasteiger partial charge in [0.15, 0.2) is 5.78 Å². The molecule has 0 radical (unpaired) electrons. The largest absolute Gasteiger partial charge is 0.494 e. The zero-order valence-electron chi connectivity index (χ0n) is 15.2. The van der Waals surface area contributed by atoms with Crippen molar-refractivity contribution in [3.05, 3.63) is 40.6 Å². The van der Waals surface area contributed by atoms with E-state index in [1.165, 1.54) is 30.6 Å². The normalized spacial score (nSPS) is 11.5. The molecule has 0 spiro atoms. The smallest absolute Gasteiger partial charge is 0.178 e. The van der Waals surface area contributed by atoms with Gasteiger partial charge in [0.05, 0.1) is 11.5 Å². The summed E-state index contributed by atoms with van der Waals surface area (Å²) in [5, 5.41) is 2.06. The van der Waals surface area contributed by atoms with Gasteiger partial charge in [-0.1, -0.05) is 59.1 Å². The van der Waals surface area contributed by atoms with Crippen molar-refractivity contribution >= 4 is 17.1 Å². The van der Waals surface area contributed by atoms with E-state index >= 15 is 0 Å². The van der Waals surface area contributed by atoms with Crippen molar-refractivity contribution in [2.45, 2.75) is 53.4 Å². The molecule has 3 heteroatoms. The fraction of sp³-hybridized carbons (Fsp3) is 0.476. The number of ether oxygens (including phenoxy) is 1. The number of hydrogen-bond acceptors (Lipinski definition) is 3. The molecule has 1 heterocycles. The number of carbonyl (C=O) groups is 1. The first-order valence-electron chi connectivity index (χ1n) is 8.78. The van der Waals surface area contributed by atoms with Crippen molar-refractivity contribution in [1.29, 1.82) is 0 Å². The second-order valence-electron chi connectivity index (χ2n) is 7.21. The van der Waals surface area contributed by atoms with E-state index in [1.807, 2.05) is 39.0 Å². The van der Waals surface area contributed by atoms with Crippen LogP contribution in [-0.2, 0) is 0 Å². The first kappa shape index (κ1) is 18.7. The van der Waals surface area contributed by atoms with Crippen LogP contribution in [0, 0.1) is 5.41 Å². The average molecular weight is 345 g/mol. The summed E-state index contributed by atoms with van der Waals surface area (Å²) in [6.07, 6.45) is 4.86. The standard InChI is InChI=1S/C21H28O2S/c1-5-6-7-8-13-23-18-11-9-16(10-12-18)17-14-19(24-15-17)20(22)21(2,3)4/h9-12,14-15H,5-8,13H2,1-4H3. The molecule has 24 heavy (non-hydrogen) atoms. The van der Waals surface area contributed by atoms with Gasteiger partial charge in [0.25, 0.3) is 0 Å². The van der Waals surface area contributed by atoms with Crippen LogP contribution in [0.25, 0.3) is 11.1 Å². The minimum Gasteiger partial charge on any atom is -0.494 e. The first-order chi connectivity index (χ1) is 11.4. The van der Waals surface area contributed by atoms with Gasteiger partial charge in [0.2, 0.25) is 0 Å². The molecule has 0 saturated carbocycles. The molecular weight excluding hydrogens is 316 g/mol. The molecule has 0 fully saturated rings. The van der Waals surface area contributed by atoms with Crippen LogP contribution in [-0.4, -0.2) is 12.4 Å². The van der Waals surface area contributed by atoms with Gasteiger partial charge in [-0.05, 0) is 41.1 Å². The maximum atomic E-state index is 12.3. The molecule has 0 aliphatic heterocycles. The molecule has 130 valence electrons. The fourth-order valence-corrected chi connectivity index (χ4v) is 3.51. The summed E-state index contributed by atoms with van der Waals surface area (Å²) in [5.74, 6) is 1.11. The Morgan fingerprint density at radius 3 is 2.38 bits per heavy atom. The number of carbonyl (C=O) groups excluding carboxylic acids is 1. The average Bonchev–Trinajstić information content (AvgIpc) is 3.03. The molecule has 2 aromatic rings. The summed E-state index contributed by atoms with van der Waals surface area (Å²) >= 11 is 1.52. The molecule has 0 aliphatic carbocycles. The lowest BCUT2D eigenvalue weighted by molar-refractivity contribution is 0.0863. The number of benzene rings is 1. The van der Waals surface area contributed by atoms with E-state index in [9.17, 15) is 4.79 Å². The monoisotopic (exact) mass is 344 g/mol. The maximum absolute atomic E-state index is 12.3. The van der Waals surface area contributed by atoms with Crippen LogP contribution in [0.4, 0.5) is 0 Å². The van der Waals surface area contributed by atoms with Crippen LogP contribution in [0.5, 0.6) is 5.75 Å². The zero-order valence-corrected chi connectivity index (χ0v) is 16.0. The zero-order chi connectivity index (χ0) is 17.6. The van der Waals surface area contributed by atoms with Gasteiger partial charge in [-0.25, -0.2) is 0 Å². The van der Waals surface area contributed by atoms with Gasteiger partial charge in [-0.2, -0.15) is 0 Å². The molecule has 0 amide bonds. The Morgan fingerprint density at radius 1 is 1.04 bits per heavy atom. The molecule has 0 atom stereocenters. The SMILES string of the molecule is CCCCCCOc1ccc(-c2csc(C(=O)C(C)(C)C)c2)cc1. The van der Waals surface area contributed by atoms with Gasteiger partial charge < -0.3 is 4.74 Å². The highest BCUT2D eigenvalue weighted by Crippen LogP contribution is 2.31. The van der Waals surface area contributed by atoms with E-state index in [4.69, 9.17) is 4.74 Å². The van der Waals surface area contributed by atoms with E-state index in [1.54, 1.807) is 0 Å². The summed E-state index contributed by atoms with van der Waals surface area (Å²) in [5.41, 5.74) is 1.89. The molecular formula is C21H28O2S. The predicted octanol–water partition coefficient (Wildman–Crippen LogP) is 6.60. The number of rotatable bonds is 8. The Balaban J connectivity index is 1.96. The Morgan fingerprint density at radius 2 is 1.75 bits per heavy atom. The molecule has 0 N–H and O–H groups in total. The van der Waals surface area contributed by atoms with Gasteiger partial charge in [0.1, 0.15) is 5.75 Å². The lowest BCUT2D eigenvalue weighted by atomic mass is 9.90. The molecule has 2 rings (SSSR count). The number of Topliss-reactive ketones (excluding diaryl/α,β-unsaturated/α-hetero) is 1. The Kier molecular flexibility index (Phi) is 6.61. The van der Waals surface area contributed by atoms with E-state index in [0.717, 1.165) is 34.8 Å². The van der Waals surface area contributed by atoms with Gasteiger partial charge in [-0.3, -0.25) is 4.79 Å². The molecule has 1 aromatic carbocycles. The van der Waals surface area contributed by atoms with Gasteiger partial charge in [-0.15, -0.1) is 11.3 Å². The van der Waals surface area contributed by atoms with Crippen LogP contribution in [0.2, 0.25) is 0 Å². The lowest BCUT2D eigenvalue weighted by Crippen LogP contribution is -2.18. The summed E-state index contributed by atoms with van der Waals surface area (Å²) in [4.78, 5) is 13.2. The second-order valence-corrected chi connectivity index (χ2v) is 8.12. The summed E-state index contributed by atoms with van der Waals surface area (Å²) in [6.45, 7) is 8.87. The van der Waals surface area contributed by atoms with E-state index in [0.29, 0.717) is 0 Å². The first-order valence-corrected chi connectivity index (χ1v) is 9.66. The highest BCUT2D eigenvalue weighted by molar-refractivity contribution is 7.12.